The summed E-state index contributed by atoms with van der Waals surface area (Å²) in [5, 5.41) is 3.54. The second kappa shape index (κ2) is 4.37. The van der Waals surface area contributed by atoms with Crippen LogP contribution in [0.15, 0.2) is 28.8 Å². The standard InChI is InChI=1S/C10H6ClF3N2O/c11-5-8-15-9(16-17-8)6-2-1-3-7(4-6)10(12,13)14/h1-4H,5H2. The van der Waals surface area contributed by atoms with E-state index in [0.717, 1.165) is 12.1 Å². The van der Waals surface area contributed by atoms with Crippen molar-refractivity contribution in [3.63, 3.8) is 0 Å². The van der Waals surface area contributed by atoms with Crippen LogP contribution in [0.3, 0.4) is 0 Å². The van der Waals surface area contributed by atoms with Crippen molar-refractivity contribution in [1.29, 1.82) is 0 Å². The van der Waals surface area contributed by atoms with E-state index in [2.05, 4.69) is 10.1 Å². The van der Waals surface area contributed by atoms with Crippen LogP contribution in [-0.2, 0) is 12.1 Å². The molecule has 0 amide bonds. The van der Waals surface area contributed by atoms with Crippen LogP contribution in [0, 0.1) is 0 Å². The largest absolute Gasteiger partial charge is 0.416 e. The summed E-state index contributed by atoms with van der Waals surface area (Å²) in [7, 11) is 0. The average Bonchev–Trinajstić information content (AvgIpc) is 2.76. The first-order valence-corrected chi connectivity index (χ1v) is 5.10. The zero-order valence-electron chi connectivity index (χ0n) is 8.33. The van der Waals surface area contributed by atoms with Gasteiger partial charge in [0.25, 0.3) is 0 Å². The molecule has 0 atom stereocenters. The molecule has 0 saturated heterocycles. The van der Waals surface area contributed by atoms with Crippen LogP contribution < -0.4 is 0 Å². The summed E-state index contributed by atoms with van der Waals surface area (Å²) >= 11 is 5.46. The fourth-order valence-electron chi connectivity index (χ4n) is 1.26. The van der Waals surface area contributed by atoms with Crippen molar-refractivity contribution in [1.82, 2.24) is 10.1 Å². The summed E-state index contributed by atoms with van der Waals surface area (Å²) in [4.78, 5) is 3.85. The second-order valence-electron chi connectivity index (χ2n) is 3.22. The van der Waals surface area contributed by atoms with Crippen LogP contribution in [-0.4, -0.2) is 10.1 Å². The minimum Gasteiger partial charge on any atom is -0.338 e. The Balaban J connectivity index is 2.39. The second-order valence-corrected chi connectivity index (χ2v) is 3.49. The Morgan fingerprint density at radius 1 is 1.29 bits per heavy atom. The van der Waals surface area contributed by atoms with Gasteiger partial charge in [0, 0.05) is 5.56 Å². The van der Waals surface area contributed by atoms with Crippen molar-refractivity contribution in [2.75, 3.05) is 0 Å². The van der Waals surface area contributed by atoms with Gasteiger partial charge >= 0.3 is 6.18 Å². The lowest BCUT2D eigenvalue weighted by Gasteiger charge is -2.06. The van der Waals surface area contributed by atoms with Crippen LogP contribution in [0.1, 0.15) is 11.5 Å². The van der Waals surface area contributed by atoms with E-state index in [9.17, 15) is 13.2 Å². The Morgan fingerprint density at radius 3 is 2.65 bits per heavy atom. The molecule has 0 aliphatic rings. The Hall–Kier alpha value is -1.56. The zero-order chi connectivity index (χ0) is 12.5. The maximum atomic E-state index is 12.5. The maximum absolute atomic E-state index is 12.5. The first-order chi connectivity index (χ1) is 8.00. The number of nitrogens with zero attached hydrogens (tertiary/aromatic N) is 2. The van der Waals surface area contributed by atoms with Gasteiger partial charge in [-0.2, -0.15) is 18.2 Å². The van der Waals surface area contributed by atoms with E-state index in [1.807, 2.05) is 0 Å². The molecule has 1 heterocycles. The number of hydrogen-bond donors (Lipinski definition) is 0. The lowest BCUT2D eigenvalue weighted by atomic mass is 10.1. The molecule has 0 bridgehead atoms. The third-order valence-electron chi connectivity index (χ3n) is 2.03. The Labute approximate surface area is 99.2 Å². The minimum atomic E-state index is -4.39. The van der Waals surface area contributed by atoms with E-state index in [1.165, 1.54) is 12.1 Å². The van der Waals surface area contributed by atoms with Gasteiger partial charge in [0.15, 0.2) is 0 Å². The summed E-state index contributed by atoms with van der Waals surface area (Å²) in [5.41, 5.74) is -0.521. The van der Waals surface area contributed by atoms with Crippen molar-refractivity contribution < 1.29 is 17.7 Å². The molecule has 2 rings (SSSR count). The quantitative estimate of drug-likeness (QED) is 0.778. The molecule has 0 spiro atoms. The molecule has 0 aliphatic carbocycles. The van der Waals surface area contributed by atoms with Crippen LogP contribution >= 0.6 is 11.6 Å². The van der Waals surface area contributed by atoms with Gasteiger partial charge in [-0.25, -0.2) is 0 Å². The maximum Gasteiger partial charge on any atom is 0.416 e. The molecule has 0 unspecified atom stereocenters. The smallest absolute Gasteiger partial charge is 0.338 e. The van der Waals surface area contributed by atoms with Crippen molar-refractivity contribution in [3.8, 4) is 11.4 Å². The fraction of sp³-hybridized carbons (Fsp3) is 0.200. The molecule has 17 heavy (non-hydrogen) atoms. The van der Waals surface area contributed by atoms with E-state index in [4.69, 9.17) is 16.1 Å². The highest BCUT2D eigenvalue weighted by atomic mass is 35.5. The molecule has 3 nitrogen and oxygen atoms in total. The monoisotopic (exact) mass is 262 g/mol. The Morgan fingerprint density at radius 2 is 2.06 bits per heavy atom. The highest BCUT2D eigenvalue weighted by molar-refractivity contribution is 6.16. The molecule has 0 aliphatic heterocycles. The van der Waals surface area contributed by atoms with Gasteiger partial charge in [-0.15, -0.1) is 11.6 Å². The predicted octanol–water partition coefficient (Wildman–Crippen LogP) is 3.49. The summed E-state index contributed by atoms with van der Waals surface area (Å²) < 4.78 is 42.1. The lowest BCUT2D eigenvalue weighted by Crippen LogP contribution is -2.04. The number of halogens is 4. The SMILES string of the molecule is FC(F)(F)c1cccc(-c2noc(CCl)n2)c1. The first-order valence-electron chi connectivity index (χ1n) is 4.57. The van der Waals surface area contributed by atoms with Gasteiger partial charge in [-0.1, -0.05) is 17.3 Å². The van der Waals surface area contributed by atoms with Crippen LogP contribution in [0.5, 0.6) is 0 Å². The molecular formula is C10H6ClF3N2O. The molecular weight excluding hydrogens is 257 g/mol. The van der Waals surface area contributed by atoms with E-state index >= 15 is 0 Å². The molecule has 0 saturated carbocycles. The third-order valence-corrected chi connectivity index (χ3v) is 2.26. The van der Waals surface area contributed by atoms with Gasteiger partial charge in [0.2, 0.25) is 11.7 Å². The first kappa shape index (κ1) is 11.9. The molecule has 1 aromatic carbocycles. The van der Waals surface area contributed by atoms with Gasteiger partial charge in [-0.3, -0.25) is 0 Å². The van der Waals surface area contributed by atoms with Crippen molar-refractivity contribution >= 4 is 11.6 Å². The fourth-order valence-corrected chi connectivity index (χ4v) is 1.37. The van der Waals surface area contributed by atoms with Gasteiger partial charge in [0.1, 0.15) is 5.88 Å². The van der Waals surface area contributed by atoms with Crippen molar-refractivity contribution in [3.05, 3.63) is 35.7 Å². The highest BCUT2D eigenvalue weighted by Gasteiger charge is 2.30. The number of aromatic nitrogens is 2. The van der Waals surface area contributed by atoms with Crippen molar-refractivity contribution in [2.24, 2.45) is 0 Å². The molecule has 7 heteroatoms. The summed E-state index contributed by atoms with van der Waals surface area (Å²) in [6.45, 7) is 0. The molecule has 90 valence electrons. The van der Waals surface area contributed by atoms with E-state index < -0.39 is 11.7 Å². The summed E-state index contributed by atoms with van der Waals surface area (Å²) in [5.74, 6) is 0.275. The van der Waals surface area contributed by atoms with Crippen LogP contribution in [0.25, 0.3) is 11.4 Å². The summed E-state index contributed by atoms with van der Waals surface area (Å²) in [6.07, 6.45) is -4.39. The lowest BCUT2D eigenvalue weighted by molar-refractivity contribution is -0.137. The van der Waals surface area contributed by atoms with E-state index in [0.29, 0.717) is 0 Å². The number of alkyl halides is 4. The van der Waals surface area contributed by atoms with E-state index in [1.54, 1.807) is 0 Å². The molecule has 0 radical (unpaired) electrons. The molecule has 0 N–H and O–H groups in total. The molecule has 1 aromatic heterocycles. The number of rotatable bonds is 2. The van der Waals surface area contributed by atoms with Gasteiger partial charge in [0.05, 0.1) is 5.56 Å². The Kier molecular flexibility index (Phi) is 3.06. The average molecular weight is 263 g/mol. The summed E-state index contributed by atoms with van der Waals surface area (Å²) in [6, 6.07) is 4.70. The van der Waals surface area contributed by atoms with Crippen molar-refractivity contribution in [2.45, 2.75) is 12.1 Å². The van der Waals surface area contributed by atoms with Gasteiger partial charge in [-0.05, 0) is 12.1 Å². The van der Waals surface area contributed by atoms with E-state index in [-0.39, 0.29) is 23.2 Å². The normalized spacial score (nSPS) is 11.8. The van der Waals surface area contributed by atoms with Crippen LogP contribution in [0.2, 0.25) is 0 Å². The minimum absolute atomic E-state index is 0.0198. The van der Waals surface area contributed by atoms with Crippen LogP contribution in [0.4, 0.5) is 13.2 Å². The number of benzene rings is 1. The highest BCUT2D eigenvalue weighted by Crippen LogP contribution is 2.31. The number of hydrogen-bond acceptors (Lipinski definition) is 3. The zero-order valence-corrected chi connectivity index (χ0v) is 9.09. The Bertz CT molecular complexity index is 524. The predicted molar refractivity (Wildman–Crippen MR) is 54.3 cm³/mol. The third kappa shape index (κ3) is 2.58. The topological polar surface area (TPSA) is 38.9 Å². The van der Waals surface area contributed by atoms with Gasteiger partial charge < -0.3 is 4.52 Å². The molecule has 0 fully saturated rings. The molecule has 2 aromatic rings.